The van der Waals surface area contributed by atoms with E-state index in [1.807, 2.05) is 55.5 Å². The first-order valence-electron chi connectivity index (χ1n) is 5.87. The summed E-state index contributed by atoms with van der Waals surface area (Å²) in [5.41, 5.74) is 2.71. The largest absolute Gasteiger partial charge is 0.474 e. The average Bonchev–Trinajstić information content (AvgIpc) is 2.39. The number of benzene rings is 2. The molecule has 0 saturated heterocycles. The van der Waals surface area contributed by atoms with Crippen molar-refractivity contribution in [3.63, 3.8) is 0 Å². The lowest BCUT2D eigenvalue weighted by molar-refractivity contribution is -0.123. The van der Waals surface area contributed by atoms with Crippen LogP contribution in [0, 0.1) is 6.92 Å². The molecular formula is C15H13NO2. The third kappa shape index (κ3) is 1.84. The van der Waals surface area contributed by atoms with Crippen LogP contribution in [0.3, 0.4) is 0 Å². The van der Waals surface area contributed by atoms with Gasteiger partial charge in [0.15, 0.2) is 0 Å². The number of aryl methyl sites for hydroxylation is 1. The van der Waals surface area contributed by atoms with E-state index >= 15 is 0 Å². The van der Waals surface area contributed by atoms with Crippen molar-refractivity contribution in [2.45, 2.75) is 13.0 Å². The topological polar surface area (TPSA) is 38.3 Å². The summed E-state index contributed by atoms with van der Waals surface area (Å²) >= 11 is 0. The van der Waals surface area contributed by atoms with Gasteiger partial charge in [0, 0.05) is 5.56 Å². The summed E-state index contributed by atoms with van der Waals surface area (Å²) in [6.45, 7) is 2.00. The van der Waals surface area contributed by atoms with Crippen molar-refractivity contribution >= 4 is 11.6 Å². The normalized spacial score (nSPS) is 17.6. The van der Waals surface area contributed by atoms with Gasteiger partial charge in [0.2, 0.25) is 6.10 Å². The second kappa shape index (κ2) is 4.18. The Labute approximate surface area is 105 Å². The Morgan fingerprint density at radius 3 is 2.67 bits per heavy atom. The lowest BCUT2D eigenvalue weighted by Gasteiger charge is -2.26. The van der Waals surface area contributed by atoms with Gasteiger partial charge >= 0.3 is 0 Å². The Bertz CT molecular complexity index is 593. The molecule has 1 aliphatic heterocycles. The molecule has 0 unspecified atom stereocenters. The average molecular weight is 239 g/mol. The van der Waals surface area contributed by atoms with E-state index in [0.717, 1.165) is 22.6 Å². The number of hydrogen-bond acceptors (Lipinski definition) is 2. The number of carbonyl (C=O) groups excluding carboxylic acids is 1. The van der Waals surface area contributed by atoms with Crippen LogP contribution in [0.25, 0.3) is 0 Å². The highest BCUT2D eigenvalue weighted by Crippen LogP contribution is 2.35. The lowest BCUT2D eigenvalue weighted by Crippen LogP contribution is -2.30. The van der Waals surface area contributed by atoms with Crippen molar-refractivity contribution in [3.8, 4) is 5.75 Å². The smallest absolute Gasteiger partial charge is 0.270 e. The van der Waals surface area contributed by atoms with Gasteiger partial charge in [-0.2, -0.15) is 0 Å². The van der Waals surface area contributed by atoms with Crippen molar-refractivity contribution in [3.05, 3.63) is 59.7 Å². The molecule has 2 aromatic carbocycles. The van der Waals surface area contributed by atoms with Gasteiger partial charge < -0.3 is 10.1 Å². The molecule has 1 atom stereocenters. The molecule has 1 aliphatic rings. The number of anilines is 1. The van der Waals surface area contributed by atoms with E-state index in [0.29, 0.717) is 0 Å². The summed E-state index contributed by atoms with van der Waals surface area (Å²) in [7, 11) is 0. The Balaban J connectivity index is 1.99. The maximum absolute atomic E-state index is 12.0. The minimum absolute atomic E-state index is 0.127. The highest BCUT2D eigenvalue weighted by atomic mass is 16.5. The highest BCUT2D eigenvalue weighted by Gasteiger charge is 2.28. The van der Waals surface area contributed by atoms with E-state index < -0.39 is 6.10 Å². The second-order valence-electron chi connectivity index (χ2n) is 4.40. The van der Waals surface area contributed by atoms with Crippen molar-refractivity contribution in [1.82, 2.24) is 0 Å². The minimum atomic E-state index is -0.569. The van der Waals surface area contributed by atoms with E-state index in [-0.39, 0.29) is 5.91 Å². The number of ether oxygens (including phenoxy) is 1. The molecule has 3 rings (SSSR count). The molecule has 0 fully saturated rings. The van der Waals surface area contributed by atoms with Crippen LogP contribution in [0.4, 0.5) is 5.69 Å². The molecule has 90 valence electrons. The quantitative estimate of drug-likeness (QED) is 0.830. The minimum Gasteiger partial charge on any atom is -0.474 e. The highest BCUT2D eigenvalue weighted by molar-refractivity contribution is 5.98. The summed E-state index contributed by atoms with van der Waals surface area (Å²) < 4.78 is 5.80. The zero-order valence-corrected chi connectivity index (χ0v) is 10.0. The lowest BCUT2D eigenvalue weighted by atomic mass is 10.1. The van der Waals surface area contributed by atoms with Crippen LogP contribution in [0.2, 0.25) is 0 Å². The molecule has 0 aromatic heterocycles. The van der Waals surface area contributed by atoms with E-state index in [4.69, 9.17) is 4.74 Å². The van der Waals surface area contributed by atoms with Gasteiger partial charge in [-0.1, -0.05) is 36.4 Å². The zero-order valence-electron chi connectivity index (χ0n) is 10.0. The Morgan fingerprint density at radius 2 is 1.89 bits per heavy atom. The van der Waals surface area contributed by atoms with Crippen LogP contribution in [0.15, 0.2) is 48.5 Å². The number of carbonyl (C=O) groups is 1. The van der Waals surface area contributed by atoms with Crippen molar-refractivity contribution in [2.75, 3.05) is 5.32 Å². The molecule has 0 radical (unpaired) electrons. The van der Waals surface area contributed by atoms with E-state index in [2.05, 4.69) is 5.32 Å². The molecule has 0 bridgehead atoms. The molecule has 0 saturated carbocycles. The summed E-state index contributed by atoms with van der Waals surface area (Å²) in [6, 6.07) is 15.3. The summed E-state index contributed by atoms with van der Waals surface area (Å²) in [6.07, 6.45) is -0.569. The first kappa shape index (κ1) is 10.8. The number of amides is 1. The zero-order chi connectivity index (χ0) is 12.5. The predicted molar refractivity (Wildman–Crippen MR) is 69.6 cm³/mol. The van der Waals surface area contributed by atoms with Gasteiger partial charge in [-0.15, -0.1) is 0 Å². The van der Waals surface area contributed by atoms with Crippen LogP contribution in [-0.4, -0.2) is 5.91 Å². The molecule has 3 heteroatoms. The van der Waals surface area contributed by atoms with E-state index in [9.17, 15) is 4.79 Å². The first-order chi connectivity index (χ1) is 8.74. The fraction of sp³-hybridized carbons (Fsp3) is 0.133. The molecule has 1 heterocycles. The Kier molecular flexibility index (Phi) is 2.52. The molecule has 2 aromatic rings. The van der Waals surface area contributed by atoms with E-state index in [1.165, 1.54) is 0 Å². The fourth-order valence-corrected chi connectivity index (χ4v) is 2.06. The predicted octanol–water partition coefficient (Wildman–Crippen LogP) is 3.07. The first-order valence-corrected chi connectivity index (χ1v) is 5.87. The van der Waals surface area contributed by atoms with Gasteiger partial charge in [-0.25, -0.2) is 0 Å². The van der Waals surface area contributed by atoms with Crippen molar-refractivity contribution in [1.29, 1.82) is 0 Å². The van der Waals surface area contributed by atoms with Crippen LogP contribution in [0.5, 0.6) is 5.75 Å². The molecule has 0 aliphatic carbocycles. The summed E-state index contributed by atoms with van der Waals surface area (Å²) in [4.78, 5) is 12.0. The Morgan fingerprint density at radius 1 is 1.11 bits per heavy atom. The number of hydrogen-bond donors (Lipinski definition) is 1. The van der Waals surface area contributed by atoms with Crippen LogP contribution in [0.1, 0.15) is 17.2 Å². The van der Waals surface area contributed by atoms with Gasteiger partial charge in [-0.3, -0.25) is 4.79 Å². The molecule has 18 heavy (non-hydrogen) atoms. The van der Waals surface area contributed by atoms with Crippen molar-refractivity contribution < 1.29 is 9.53 Å². The number of nitrogens with one attached hydrogen (secondary N) is 1. The second-order valence-corrected chi connectivity index (χ2v) is 4.40. The molecule has 0 spiro atoms. The molecule has 3 nitrogen and oxygen atoms in total. The van der Waals surface area contributed by atoms with Gasteiger partial charge in [0.05, 0.1) is 5.69 Å². The van der Waals surface area contributed by atoms with Gasteiger partial charge in [0.25, 0.3) is 5.91 Å². The SMILES string of the molecule is Cc1ccc2c(c1)O[C@@H](c1ccccc1)C(=O)N2. The maximum atomic E-state index is 12.0. The standard InChI is InChI=1S/C15H13NO2/c1-10-7-8-12-13(9-10)18-14(15(17)16-12)11-5-3-2-4-6-11/h2-9,14H,1H3,(H,16,17)/t14-/m0/s1. The monoisotopic (exact) mass is 239 g/mol. The number of rotatable bonds is 1. The molecule has 1 N–H and O–H groups in total. The van der Waals surface area contributed by atoms with Gasteiger partial charge in [0.1, 0.15) is 5.75 Å². The number of fused-ring (bicyclic) bond motifs is 1. The van der Waals surface area contributed by atoms with Crippen LogP contribution >= 0.6 is 0 Å². The van der Waals surface area contributed by atoms with Crippen molar-refractivity contribution in [2.24, 2.45) is 0 Å². The third-order valence-corrected chi connectivity index (χ3v) is 2.98. The van der Waals surface area contributed by atoms with E-state index in [1.54, 1.807) is 0 Å². The molecule has 1 amide bonds. The Hall–Kier alpha value is -2.29. The van der Waals surface area contributed by atoms with Crippen LogP contribution < -0.4 is 10.1 Å². The summed E-state index contributed by atoms with van der Waals surface area (Å²) in [5.74, 6) is 0.598. The fourth-order valence-electron chi connectivity index (χ4n) is 2.06. The molecular weight excluding hydrogens is 226 g/mol. The third-order valence-electron chi connectivity index (χ3n) is 2.98. The van der Waals surface area contributed by atoms with Crippen LogP contribution in [-0.2, 0) is 4.79 Å². The summed E-state index contributed by atoms with van der Waals surface area (Å²) in [5, 5.41) is 2.87. The van der Waals surface area contributed by atoms with Gasteiger partial charge in [-0.05, 0) is 24.6 Å². The maximum Gasteiger partial charge on any atom is 0.270 e.